The molecule has 0 aliphatic rings. The Kier molecular flexibility index (Phi) is 2.92. The number of hydrogen-bond donors (Lipinski definition) is 3. The molecular formula is C6H7O6. The van der Waals surface area contributed by atoms with Crippen LogP contribution < -0.4 is 0 Å². The van der Waals surface area contributed by atoms with Crippen molar-refractivity contribution in [1.29, 1.82) is 0 Å². The van der Waals surface area contributed by atoms with Crippen molar-refractivity contribution in [2.75, 3.05) is 0 Å². The van der Waals surface area contributed by atoms with Gasteiger partial charge in [0.05, 0.1) is 6.10 Å². The highest BCUT2D eigenvalue weighted by Crippen LogP contribution is 2.20. The summed E-state index contributed by atoms with van der Waals surface area (Å²) >= 11 is 0. The molecule has 0 spiro atoms. The van der Waals surface area contributed by atoms with E-state index in [2.05, 4.69) is 0 Å². The smallest absolute Gasteiger partial charge is 0.332 e. The highest BCUT2D eigenvalue weighted by Gasteiger charge is 2.52. The Balaban J connectivity index is 5.18. The van der Waals surface area contributed by atoms with Crippen LogP contribution >= 0.6 is 0 Å². The number of rotatable bonds is 4. The fraction of sp³-hybridized carbons (Fsp3) is 0.500. The summed E-state index contributed by atoms with van der Waals surface area (Å²) in [5.41, 5.74) is -2.88. The van der Waals surface area contributed by atoms with E-state index in [1.165, 1.54) is 0 Å². The number of aliphatic hydroxyl groups is 1. The van der Waals surface area contributed by atoms with Gasteiger partial charge >= 0.3 is 11.9 Å². The molecule has 0 aliphatic carbocycles. The van der Waals surface area contributed by atoms with Gasteiger partial charge in [-0.25, -0.2) is 0 Å². The van der Waals surface area contributed by atoms with Crippen molar-refractivity contribution in [3.63, 3.8) is 0 Å². The van der Waals surface area contributed by atoms with Crippen molar-refractivity contribution in [1.82, 2.24) is 0 Å². The summed E-state index contributed by atoms with van der Waals surface area (Å²) in [6.07, 6.45) is -1.01. The number of carboxylic acid groups (broad SMARTS) is 2. The second kappa shape index (κ2) is 3.31. The average Bonchev–Trinajstić information content (AvgIpc) is 1.86. The van der Waals surface area contributed by atoms with Crippen LogP contribution in [-0.2, 0) is 14.4 Å². The summed E-state index contributed by atoms with van der Waals surface area (Å²) in [6.45, 7) is 0.896. The molecule has 3 N–H and O–H groups in total. The second-order valence-corrected chi connectivity index (χ2v) is 2.20. The molecule has 0 saturated carbocycles. The first-order valence-corrected chi connectivity index (χ1v) is 2.93. The minimum Gasteiger partial charge on any atom is -0.480 e. The normalized spacial score (nSPS) is 13.5. The summed E-state index contributed by atoms with van der Waals surface area (Å²) in [5, 5.41) is 25.5. The third-order valence-electron chi connectivity index (χ3n) is 1.46. The van der Waals surface area contributed by atoms with Crippen LogP contribution in [-0.4, -0.2) is 39.6 Å². The molecule has 12 heavy (non-hydrogen) atoms. The molecule has 1 atom stereocenters. The standard InChI is InChI=1S/C6H7O6/c1-3(8)6(2-7,4(9)10)5(11)12/h3,8H,1H3,(H,9,10)(H,11,12). The van der Waals surface area contributed by atoms with Crippen molar-refractivity contribution < 1.29 is 29.7 Å². The van der Waals surface area contributed by atoms with Gasteiger partial charge in [0.2, 0.25) is 6.29 Å². The SMILES string of the molecule is CC(O)C([C]=O)(C(=O)O)C(=O)O. The van der Waals surface area contributed by atoms with Crippen molar-refractivity contribution in [3.8, 4) is 0 Å². The van der Waals surface area contributed by atoms with Crippen molar-refractivity contribution in [2.45, 2.75) is 13.0 Å². The highest BCUT2D eigenvalue weighted by molar-refractivity contribution is 6.13. The molecule has 0 heterocycles. The van der Waals surface area contributed by atoms with Crippen LogP contribution in [0.2, 0.25) is 0 Å². The molecule has 0 aromatic carbocycles. The maximum absolute atomic E-state index is 10.3. The van der Waals surface area contributed by atoms with Gasteiger partial charge in [-0.15, -0.1) is 0 Å². The second-order valence-electron chi connectivity index (χ2n) is 2.20. The van der Waals surface area contributed by atoms with Crippen LogP contribution in [0, 0.1) is 5.41 Å². The summed E-state index contributed by atoms with van der Waals surface area (Å²) in [5.74, 6) is -3.86. The number of carbonyl (C=O) groups excluding carboxylic acids is 1. The largest absolute Gasteiger partial charge is 0.480 e. The maximum Gasteiger partial charge on any atom is 0.332 e. The first-order valence-electron chi connectivity index (χ1n) is 2.93. The molecule has 1 unspecified atom stereocenters. The fourth-order valence-corrected chi connectivity index (χ4v) is 0.621. The van der Waals surface area contributed by atoms with Crippen molar-refractivity contribution in [3.05, 3.63) is 0 Å². The van der Waals surface area contributed by atoms with Crippen LogP contribution in [0.4, 0.5) is 0 Å². The lowest BCUT2D eigenvalue weighted by Crippen LogP contribution is -2.49. The summed E-state index contributed by atoms with van der Waals surface area (Å²) in [6, 6.07) is 0. The van der Waals surface area contributed by atoms with E-state index in [9.17, 15) is 14.4 Å². The van der Waals surface area contributed by atoms with Gasteiger partial charge in [-0.1, -0.05) is 0 Å². The Bertz CT molecular complexity index is 204. The van der Waals surface area contributed by atoms with E-state index in [0.29, 0.717) is 0 Å². The molecule has 0 bridgehead atoms. The number of aliphatic hydroxyl groups excluding tert-OH is 1. The van der Waals surface area contributed by atoms with Crippen molar-refractivity contribution in [2.24, 2.45) is 5.41 Å². The van der Waals surface area contributed by atoms with Gasteiger partial charge < -0.3 is 15.3 Å². The Morgan fingerprint density at radius 3 is 1.67 bits per heavy atom. The molecule has 0 aromatic heterocycles. The Morgan fingerprint density at radius 2 is 1.67 bits per heavy atom. The molecule has 1 radical (unpaired) electrons. The molecule has 67 valence electrons. The Labute approximate surface area is 67.4 Å². The first kappa shape index (κ1) is 10.6. The zero-order chi connectivity index (χ0) is 9.94. The lowest BCUT2D eigenvalue weighted by atomic mass is 9.85. The topological polar surface area (TPSA) is 112 Å². The summed E-state index contributed by atoms with van der Waals surface area (Å²) in [4.78, 5) is 30.8. The third kappa shape index (κ3) is 1.28. The summed E-state index contributed by atoms with van der Waals surface area (Å²) < 4.78 is 0. The van der Waals surface area contributed by atoms with Gasteiger partial charge in [-0.3, -0.25) is 14.4 Å². The molecule has 0 fully saturated rings. The van der Waals surface area contributed by atoms with Gasteiger partial charge in [-0.05, 0) is 6.92 Å². The number of carbonyl (C=O) groups is 2. The van der Waals surface area contributed by atoms with Gasteiger partial charge in [0, 0.05) is 0 Å². The van der Waals surface area contributed by atoms with E-state index in [4.69, 9.17) is 15.3 Å². The molecule has 0 aromatic rings. The number of carboxylic acids is 2. The van der Waals surface area contributed by atoms with E-state index < -0.39 is 23.5 Å². The van der Waals surface area contributed by atoms with Gasteiger partial charge in [0.25, 0.3) is 5.41 Å². The number of aliphatic carboxylic acids is 2. The van der Waals surface area contributed by atoms with E-state index in [-0.39, 0.29) is 0 Å². The van der Waals surface area contributed by atoms with Crippen LogP contribution in [0.15, 0.2) is 0 Å². The predicted molar refractivity (Wildman–Crippen MR) is 35.1 cm³/mol. The predicted octanol–water partition coefficient (Wildman–Crippen LogP) is -1.37. The first-order chi connectivity index (χ1) is 5.39. The molecule has 0 saturated heterocycles. The van der Waals surface area contributed by atoms with E-state index >= 15 is 0 Å². The van der Waals surface area contributed by atoms with Crippen LogP contribution in [0.3, 0.4) is 0 Å². The minimum atomic E-state index is -2.88. The Morgan fingerprint density at radius 1 is 1.33 bits per heavy atom. The van der Waals surface area contributed by atoms with Gasteiger partial charge in [0.15, 0.2) is 0 Å². The molecular weight excluding hydrogens is 168 g/mol. The minimum absolute atomic E-state index is 0.815. The maximum atomic E-state index is 10.3. The molecule has 0 rings (SSSR count). The van der Waals surface area contributed by atoms with Gasteiger partial charge in [0.1, 0.15) is 0 Å². The van der Waals surface area contributed by atoms with Crippen LogP contribution in [0.5, 0.6) is 0 Å². The molecule has 6 heteroatoms. The number of hydrogen-bond acceptors (Lipinski definition) is 4. The summed E-state index contributed by atoms with van der Waals surface area (Å²) in [7, 11) is 0. The highest BCUT2D eigenvalue weighted by atomic mass is 16.4. The van der Waals surface area contributed by atoms with Gasteiger partial charge in [-0.2, -0.15) is 0 Å². The monoisotopic (exact) mass is 175 g/mol. The van der Waals surface area contributed by atoms with E-state index in [1.807, 2.05) is 0 Å². The molecule has 6 nitrogen and oxygen atoms in total. The third-order valence-corrected chi connectivity index (χ3v) is 1.46. The quantitative estimate of drug-likeness (QED) is 0.454. The zero-order valence-corrected chi connectivity index (χ0v) is 6.14. The lowest BCUT2D eigenvalue weighted by molar-refractivity contribution is -0.165. The molecule has 0 amide bonds. The zero-order valence-electron chi connectivity index (χ0n) is 6.14. The van der Waals surface area contributed by atoms with Crippen LogP contribution in [0.25, 0.3) is 0 Å². The lowest BCUT2D eigenvalue weighted by Gasteiger charge is -2.19. The molecule has 0 aliphatic heterocycles. The average molecular weight is 175 g/mol. The van der Waals surface area contributed by atoms with Crippen LogP contribution in [0.1, 0.15) is 6.92 Å². The van der Waals surface area contributed by atoms with E-state index in [1.54, 1.807) is 0 Å². The van der Waals surface area contributed by atoms with E-state index in [0.717, 1.165) is 13.2 Å². The fourth-order valence-electron chi connectivity index (χ4n) is 0.621. The van der Waals surface area contributed by atoms with Crippen molar-refractivity contribution >= 4 is 18.2 Å². The Hall–Kier alpha value is -1.43.